The summed E-state index contributed by atoms with van der Waals surface area (Å²) >= 11 is 0. The van der Waals surface area contributed by atoms with Gasteiger partial charge in [-0.2, -0.15) is 0 Å². The van der Waals surface area contributed by atoms with Gasteiger partial charge in [0, 0.05) is 19.4 Å². The summed E-state index contributed by atoms with van der Waals surface area (Å²) in [5.74, 6) is 0.653. The van der Waals surface area contributed by atoms with Gasteiger partial charge in [-0.05, 0) is 38.8 Å². The minimum Gasteiger partial charge on any atom is -0.441 e. The molecule has 1 fully saturated rings. The number of aryl methyl sites for hydroxylation is 1. The Morgan fingerprint density at radius 3 is 2.95 bits per heavy atom. The lowest BCUT2D eigenvalue weighted by molar-refractivity contribution is -0.136. The average molecular weight is 302 g/mol. The van der Waals surface area contributed by atoms with E-state index in [2.05, 4.69) is 4.98 Å². The number of benzene rings is 1. The molecule has 1 N–H and O–H groups in total. The van der Waals surface area contributed by atoms with Crippen molar-refractivity contribution in [2.75, 3.05) is 6.54 Å². The molecule has 0 aliphatic carbocycles. The Hall–Kier alpha value is -1.88. The van der Waals surface area contributed by atoms with E-state index in [1.165, 1.54) is 0 Å². The molecule has 0 spiro atoms. The van der Waals surface area contributed by atoms with E-state index in [-0.39, 0.29) is 11.9 Å². The topological polar surface area (TPSA) is 66.6 Å². The molecule has 0 saturated carbocycles. The minimum atomic E-state index is -0.857. The Labute approximate surface area is 129 Å². The SMILES string of the molecule is CC(C)(O)C1CCCN1C(=O)CCc1nc2ccccc2o1. The van der Waals surface area contributed by atoms with Crippen molar-refractivity contribution in [3.8, 4) is 0 Å². The Bertz CT molecular complexity index is 639. The highest BCUT2D eigenvalue weighted by Crippen LogP contribution is 2.27. The first-order valence-electron chi connectivity index (χ1n) is 7.81. The number of rotatable bonds is 4. The second-order valence-electron chi connectivity index (χ2n) is 6.47. The second-order valence-corrected chi connectivity index (χ2v) is 6.47. The smallest absolute Gasteiger partial charge is 0.223 e. The van der Waals surface area contributed by atoms with Crippen LogP contribution in [0.3, 0.4) is 0 Å². The van der Waals surface area contributed by atoms with E-state index in [4.69, 9.17) is 4.42 Å². The van der Waals surface area contributed by atoms with Crippen molar-refractivity contribution in [2.24, 2.45) is 0 Å². The van der Waals surface area contributed by atoms with Crippen LogP contribution >= 0.6 is 0 Å². The van der Waals surface area contributed by atoms with E-state index in [0.717, 1.165) is 30.5 Å². The van der Waals surface area contributed by atoms with Crippen molar-refractivity contribution in [3.05, 3.63) is 30.2 Å². The summed E-state index contributed by atoms with van der Waals surface area (Å²) in [6.07, 6.45) is 2.66. The van der Waals surface area contributed by atoms with Gasteiger partial charge in [0.1, 0.15) is 5.52 Å². The normalized spacial score (nSPS) is 19.0. The van der Waals surface area contributed by atoms with Crippen LogP contribution in [0.4, 0.5) is 0 Å². The van der Waals surface area contributed by atoms with Gasteiger partial charge in [0.25, 0.3) is 0 Å². The van der Waals surface area contributed by atoms with Gasteiger partial charge in [0.05, 0.1) is 11.6 Å². The number of aromatic nitrogens is 1. The molecule has 1 atom stereocenters. The van der Waals surface area contributed by atoms with Gasteiger partial charge in [0.2, 0.25) is 5.91 Å². The lowest BCUT2D eigenvalue weighted by atomic mass is 9.96. The van der Waals surface area contributed by atoms with Crippen LogP contribution in [0.15, 0.2) is 28.7 Å². The van der Waals surface area contributed by atoms with E-state index in [1.807, 2.05) is 29.2 Å². The zero-order chi connectivity index (χ0) is 15.7. The molecule has 2 heterocycles. The number of oxazole rings is 1. The number of amides is 1. The molecule has 1 aliphatic rings. The monoisotopic (exact) mass is 302 g/mol. The highest BCUT2D eigenvalue weighted by atomic mass is 16.3. The molecule has 0 radical (unpaired) electrons. The molecule has 118 valence electrons. The molecular weight excluding hydrogens is 280 g/mol. The largest absolute Gasteiger partial charge is 0.441 e. The first-order valence-corrected chi connectivity index (χ1v) is 7.81. The highest BCUT2D eigenvalue weighted by molar-refractivity contribution is 5.77. The maximum Gasteiger partial charge on any atom is 0.223 e. The van der Waals surface area contributed by atoms with Gasteiger partial charge >= 0.3 is 0 Å². The Morgan fingerprint density at radius 2 is 2.23 bits per heavy atom. The molecule has 5 nitrogen and oxygen atoms in total. The number of carbonyl (C=O) groups is 1. The summed E-state index contributed by atoms with van der Waals surface area (Å²) in [5.41, 5.74) is 0.713. The molecule has 0 bridgehead atoms. The fourth-order valence-electron chi connectivity index (χ4n) is 3.18. The first kappa shape index (κ1) is 15.0. The van der Waals surface area contributed by atoms with E-state index in [0.29, 0.717) is 18.7 Å². The van der Waals surface area contributed by atoms with Crippen LogP contribution in [0.25, 0.3) is 11.1 Å². The highest BCUT2D eigenvalue weighted by Gasteiger charge is 2.38. The third kappa shape index (κ3) is 2.99. The van der Waals surface area contributed by atoms with Crippen LogP contribution in [0.1, 0.15) is 39.0 Å². The molecule has 5 heteroatoms. The molecule has 1 unspecified atom stereocenters. The lowest BCUT2D eigenvalue weighted by Crippen LogP contribution is -2.48. The molecular formula is C17H22N2O3. The molecule has 1 aliphatic heterocycles. The maximum absolute atomic E-state index is 12.4. The summed E-state index contributed by atoms with van der Waals surface area (Å²) < 4.78 is 5.64. The fourth-order valence-corrected chi connectivity index (χ4v) is 3.18. The van der Waals surface area contributed by atoms with Crippen molar-refractivity contribution in [1.29, 1.82) is 0 Å². The van der Waals surface area contributed by atoms with Gasteiger partial charge in [-0.1, -0.05) is 12.1 Å². The van der Waals surface area contributed by atoms with E-state index < -0.39 is 5.60 Å². The number of hydrogen-bond acceptors (Lipinski definition) is 4. The van der Waals surface area contributed by atoms with E-state index in [1.54, 1.807) is 13.8 Å². The molecule has 1 amide bonds. The number of aliphatic hydroxyl groups is 1. The van der Waals surface area contributed by atoms with Crippen molar-refractivity contribution in [3.63, 3.8) is 0 Å². The Balaban J connectivity index is 1.64. The molecule has 1 saturated heterocycles. The van der Waals surface area contributed by atoms with Crippen molar-refractivity contribution >= 4 is 17.0 Å². The minimum absolute atomic E-state index is 0.0619. The lowest BCUT2D eigenvalue weighted by Gasteiger charge is -2.33. The predicted molar refractivity (Wildman–Crippen MR) is 83.4 cm³/mol. The van der Waals surface area contributed by atoms with Gasteiger partial charge in [0.15, 0.2) is 11.5 Å². The number of hydrogen-bond donors (Lipinski definition) is 1. The quantitative estimate of drug-likeness (QED) is 0.942. The molecule has 3 rings (SSSR count). The molecule has 22 heavy (non-hydrogen) atoms. The van der Waals surface area contributed by atoms with Gasteiger partial charge in [-0.15, -0.1) is 0 Å². The van der Waals surface area contributed by atoms with Crippen LogP contribution < -0.4 is 0 Å². The number of fused-ring (bicyclic) bond motifs is 1. The fraction of sp³-hybridized carbons (Fsp3) is 0.529. The third-order valence-electron chi connectivity index (χ3n) is 4.28. The van der Waals surface area contributed by atoms with Gasteiger partial charge in [-0.3, -0.25) is 4.79 Å². The number of para-hydroxylation sites is 2. The Kier molecular flexibility index (Phi) is 3.91. The summed E-state index contributed by atoms with van der Waals surface area (Å²) in [4.78, 5) is 18.6. The van der Waals surface area contributed by atoms with Gasteiger partial charge in [-0.25, -0.2) is 4.98 Å². The van der Waals surface area contributed by atoms with E-state index >= 15 is 0 Å². The van der Waals surface area contributed by atoms with Crippen LogP contribution in [0, 0.1) is 0 Å². The summed E-state index contributed by atoms with van der Waals surface area (Å²) in [5, 5.41) is 10.2. The number of carbonyl (C=O) groups excluding carboxylic acids is 1. The van der Waals surface area contributed by atoms with Crippen LogP contribution in [0.2, 0.25) is 0 Å². The zero-order valence-electron chi connectivity index (χ0n) is 13.1. The summed E-state index contributed by atoms with van der Waals surface area (Å²) in [6, 6.07) is 7.50. The van der Waals surface area contributed by atoms with Crippen LogP contribution in [-0.4, -0.2) is 39.1 Å². The average Bonchev–Trinajstić information content (AvgIpc) is 3.10. The number of nitrogens with zero attached hydrogens (tertiary/aromatic N) is 2. The van der Waals surface area contributed by atoms with Gasteiger partial charge < -0.3 is 14.4 Å². The Morgan fingerprint density at radius 1 is 1.45 bits per heavy atom. The predicted octanol–water partition coefficient (Wildman–Crippen LogP) is 2.52. The van der Waals surface area contributed by atoms with Crippen molar-refractivity contribution in [1.82, 2.24) is 9.88 Å². The number of likely N-dealkylation sites (tertiary alicyclic amines) is 1. The van der Waals surface area contributed by atoms with Crippen LogP contribution in [-0.2, 0) is 11.2 Å². The van der Waals surface area contributed by atoms with Crippen LogP contribution in [0.5, 0.6) is 0 Å². The summed E-state index contributed by atoms with van der Waals surface area (Å²) in [7, 11) is 0. The first-order chi connectivity index (χ1) is 10.4. The molecule has 2 aromatic rings. The van der Waals surface area contributed by atoms with E-state index in [9.17, 15) is 9.90 Å². The van der Waals surface area contributed by atoms with Crippen molar-refractivity contribution in [2.45, 2.75) is 51.2 Å². The standard InChI is InChI=1S/C17H22N2O3/c1-17(2,21)14-8-5-11-19(14)16(20)10-9-15-18-12-6-3-4-7-13(12)22-15/h3-4,6-7,14,21H,5,8-11H2,1-2H3. The maximum atomic E-state index is 12.4. The molecule has 1 aromatic carbocycles. The third-order valence-corrected chi connectivity index (χ3v) is 4.28. The second kappa shape index (κ2) is 5.72. The summed E-state index contributed by atoms with van der Waals surface area (Å²) in [6.45, 7) is 4.26. The molecule has 1 aromatic heterocycles. The zero-order valence-corrected chi connectivity index (χ0v) is 13.1. The van der Waals surface area contributed by atoms with Crippen molar-refractivity contribution < 1.29 is 14.3 Å².